The largest absolute Gasteiger partial charge is 0.493 e. The second kappa shape index (κ2) is 5.54. The SMILES string of the molecule is COc1cc(C)cc(F)c1OCc1ccccc1. The zero-order valence-electron chi connectivity index (χ0n) is 10.4. The van der Waals surface area contributed by atoms with Crippen molar-refractivity contribution in [2.75, 3.05) is 7.11 Å². The molecule has 0 atom stereocenters. The van der Waals surface area contributed by atoms with Gasteiger partial charge in [-0.2, -0.15) is 0 Å². The van der Waals surface area contributed by atoms with Gasteiger partial charge in [0.2, 0.25) is 0 Å². The summed E-state index contributed by atoms with van der Waals surface area (Å²) in [5.74, 6) is 0.179. The van der Waals surface area contributed by atoms with Crippen LogP contribution in [0.4, 0.5) is 4.39 Å². The van der Waals surface area contributed by atoms with Gasteiger partial charge in [0.25, 0.3) is 0 Å². The van der Waals surface area contributed by atoms with E-state index >= 15 is 0 Å². The lowest BCUT2D eigenvalue weighted by Crippen LogP contribution is -2.00. The molecular formula is C15H15FO2. The van der Waals surface area contributed by atoms with Crippen LogP contribution in [0.3, 0.4) is 0 Å². The quantitative estimate of drug-likeness (QED) is 0.818. The van der Waals surface area contributed by atoms with Crippen molar-refractivity contribution in [3.05, 3.63) is 59.4 Å². The molecule has 0 aliphatic rings. The van der Waals surface area contributed by atoms with Gasteiger partial charge in [0.05, 0.1) is 7.11 Å². The van der Waals surface area contributed by atoms with Crippen LogP contribution in [0.2, 0.25) is 0 Å². The molecule has 2 nitrogen and oxygen atoms in total. The first-order chi connectivity index (χ1) is 8.70. The number of benzene rings is 2. The van der Waals surface area contributed by atoms with Gasteiger partial charge >= 0.3 is 0 Å². The number of ether oxygens (including phenoxy) is 2. The molecule has 0 heterocycles. The van der Waals surface area contributed by atoms with Crippen LogP contribution < -0.4 is 9.47 Å². The highest BCUT2D eigenvalue weighted by Gasteiger charge is 2.12. The Morgan fingerprint density at radius 3 is 2.50 bits per heavy atom. The molecule has 94 valence electrons. The number of halogens is 1. The van der Waals surface area contributed by atoms with Crippen LogP contribution in [-0.2, 0) is 6.61 Å². The molecule has 2 aromatic rings. The Labute approximate surface area is 106 Å². The minimum atomic E-state index is -0.400. The van der Waals surface area contributed by atoms with Crippen LogP contribution in [0.5, 0.6) is 11.5 Å². The van der Waals surface area contributed by atoms with Crippen molar-refractivity contribution in [1.82, 2.24) is 0 Å². The first-order valence-corrected chi connectivity index (χ1v) is 5.71. The molecule has 0 amide bonds. The summed E-state index contributed by atoms with van der Waals surface area (Å²) in [7, 11) is 1.50. The van der Waals surface area contributed by atoms with Gasteiger partial charge in [-0.1, -0.05) is 30.3 Å². The molecule has 0 unspecified atom stereocenters. The third kappa shape index (κ3) is 2.80. The molecule has 0 saturated heterocycles. The summed E-state index contributed by atoms with van der Waals surface area (Å²) in [5.41, 5.74) is 1.79. The summed E-state index contributed by atoms with van der Waals surface area (Å²) in [6, 6.07) is 12.8. The zero-order chi connectivity index (χ0) is 13.0. The van der Waals surface area contributed by atoms with Crippen LogP contribution in [0.1, 0.15) is 11.1 Å². The Balaban J connectivity index is 2.19. The molecule has 0 aliphatic heterocycles. The van der Waals surface area contributed by atoms with E-state index in [0.717, 1.165) is 11.1 Å². The van der Waals surface area contributed by atoms with Gasteiger partial charge in [0.1, 0.15) is 6.61 Å². The Hall–Kier alpha value is -2.03. The lowest BCUT2D eigenvalue weighted by molar-refractivity contribution is 0.269. The molecule has 0 saturated carbocycles. The van der Waals surface area contributed by atoms with Crippen molar-refractivity contribution >= 4 is 0 Å². The minimum Gasteiger partial charge on any atom is -0.493 e. The Kier molecular flexibility index (Phi) is 3.82. The summed E-state index contributed by atoms with van der Waals surface area (Å²) in [6.07, 6.45) is 0. The molecule has 2 aromatic carbocycles. The molecule has 0 N–H and O–H groups in total. The molecule has 3 heteroatoms. The van der Waals surface area contributed by atoms with Crippen LogP contribution in [0.25, 0.3) is 0 Å². The van der Waals surface area contributed by atoms with E-state index in [1.165, 1.54) is 13.2 Å². The van der Waals surface area contributed by atoms with Crippen LogP contribution in [0, 0.1) is 12.7 Å². The number of aryl methyl sites for hydroxylation is 1. The number of rotatable bonds is 4. The predicted octanol–water partition coefficient (Wildman–Crippen LogP) is 3.72. The van der Waals surface area contributed by atoms with E-state index in [1.54, 1.807) is 6.07 Å². The Bertz CT molecular complexity index is 524. The van der Waals surface area contributed by atoms with Crippen molar-refractivity contribution in [1.29, 1.82) is 0 Å². The van der Waals surface area contributed by atoms with Crippen molar-refractivity contribution in [2.45, 2.75) is 13.5 Å². The van der Waals surface area contributed by atoms with E-state index in [-0.39, 0.29) is 5.75 Å². The third-order valence-electron chi connectivity index (χ3n) is 2.60. The van der Waals surface area contributed by atoms with E-state index in [4.69, 9.17) is 9.47 Å². The molecule has 0 fully saturated rings. The minimum absolute atomic E-state index is 0.159. The summed E-state index contributed by atoms with van der Waals surface area (Å²) < 4.78 is 24.4. The first kappa shape index (κ1) is 12.4. The molecule has 0 bridgehead atoms. The fourth-order valence-corrected chi connectivity index (χ4v) is 1.72. The summed E-state index contributed by atoms with van der Waals surface area (Å²) in [4.78, 5) is 0. The van der Waals surface area contributed by atoms with Gasteiger partial charge in [0.15, 0.2) is 17.3 Å². The van der Waals surface area contributed by atoms with E-state index in [2.05, 4.69) is 0 Å². The van der Waals surface area contributed by atoms with Crippen molar-refractivity contribution in [3.63, 3.8) is 0 Å². The number of methoxy groups -OCH3 is 1. The first-order valence-electron chi connectivity index (χ1n) is 5.71. The van der Waals surface area contributed by atoms with E-state index in [0.29, 0.717) is 12.4 Å². The Morgan fingerprint density at radius 1 is 1.11 bits per heavy atom. The smallest absolute Gasteiger partial charge is 0.197 e. The molecule has 0 spiro atoms. The van der Waals surface area contributed by atoms with Crippen LogP contribution in [0.15, 0.2) is 42.5 Å². The molecule has 0 radical (unpaired) electrons. The highest BCUT2D eigenvalue weighted by molar-refractivity contribution is 5.44. The summed E-state index contributed by atoms with van der Waals surface area (Å²) in [5, 5.41) is 0. The van der Waals surface area contributed by atoms with Gasteiger partial charge < -0.3 is 9.47 Å². The maximum Gasteiger partial charge on any atom is 0.197 e. The molecule has 0 aromatic heterocycles. The number of hydrogen-bond acceptors (Lipinski definition) is 2. The highest BCUT2D eigenvalue weighted by atomic mass is 19.1. The van der Waals surface area contributed by atoms with Gasteiger partial charge in [-0.3, -0.25) is 0 Å². The zero-order valence-corrected chi connectivity index (χ0v) is 10.4. The molecule has 18 heavy (non-hydrogen) atoms. The predicted molar refractivity (Wildman–Crippen MR) is 68.5 cm³/mol. The maximum atomic E-state index is 13.8. The third-order valence-corrected chi connectivity index (χ3v) is 2.60. The van der Waals surface area contributed by atoms with Gasteiger partial charge in [0, 0.05) is 0 Å². The van der Waals surface area contributed by atoms with Gasteiger partial charge in [-0.05, 0) is 30.2 Å². The standard InChI is InChI=1S/C15H15FO2/c1-11-8-13(16)15(14(9-11)17-2)18-10-12-6-4-3-5-7-12/h3-9H,10H2,1-2H3. The lowest BCUT2D eigenvalue weighted by atomic mass is 10.2. The van der Waals surface area contributed by atoms with E-state index < -0.39 is 5.82 Å². The van der Waals surface area contributed by atoms with E-state index in [1.807, 2.05) is 37.3 Å². The van der Waals surface area contributed by atoms with E-state index in [9.17, 15) is 4.39 Å². The normalized spacial score (nSPS) is 10.2. The fourth-order valence-electron chi connectivity index (χ4n) is 1.72. The summed E-state index contributed by atoms with van der Waals surface area (Å²) >= 11 is 0. The molecule has 0 aliphatic carbocycles. The van der Waals surface area contributed by atoms with Gasteiger partial charge in [-0.25, -0.2) is 4.39 Å². The summed E-state index contributed by atoms with van der Waals surface area (Å²) in [6.45, 7) is 2.13. The fraction of sp³-hybridized carbons (Fsp3) is 0.200. The van der Waals surface area contributed by atoms with Crippen LogP contribution >= 0.6 is 0 Å². The maximum absolute atomic E-state index is 13.8. The van der Waals surface area contributed by atoms with Crippen molar-refractivity contribution < 1.29 is 13.9 Å². The lowest BCUT2D eigenvalue weighted by Gasteiger charge is -2.12. The average Bonchev–Trinajstić information content (AvgIpc) is 2.38. The van der Waals surface area contributed by atoms with Gasteiger partial charge in [-0.15, -0.1) is 0 Å². The van der Waals surface area contributed by atoms with Crippen molar-refractivity contribution in [3.8, 4) is 11.5 Å². The highest BCUT2D eigenvalue weighted by Crippen LogP contribution is 2.32. The second-order valence-electron chi connectivity index (χ2n) is 4.05. The topological polar surface area (TPSA) is 18.5 Å². The average molecular weight is 246 g/mol. The second-order valence-corrected chi connectivity index (χ2v) is 4.05. The van der Waals surface area contributed by atoms with Crippen molar-refractivity contribution in [2.24, 2.45) is 0 Å². The molecule has 2 rings (SSSR count). The number of hydrogen-bond donors (Lipinski definition) is 0. The van der Waals surface area contributed by atoms with Crippen LogP contribution in [-0.4, -0.2) is 7.11 Å². The monoisotopic (exact) mass is 246 g/mol. The molecular weight excluding hydrogens is 231 g/mol. The Morgan fingerprint density at radius 2 is 1.83 bits per heavy atom.